The highest BCUT2D eigenvalue weighted by atomic mass is 32.1. The third kappa shape index (κ3) is 3.39. The summed E-state index contributed by atoms with van der Waals surface area (Å²) < 4.78 is 0. The molecule has 0 aliphatic heterocycles. The van der Waals surface area contributed by atoms with Gasteiger partial charge in [-0.3, -0.25) is 14.6 Å². The molecular formula is C16H17N3O2S. The van der Waals surface area contributed by atoms with Crippen molar-refractivity contribution in [1.82, 2.24) is 9.97 Å². The Kier molecular flexibility index (Phi) is 4.58. The number of aliphatic imine (C=N–C) groups is 1. The molecule has 2 aromatic heterocycles. The number of nitrogens with one attached hydrogen (secondary N) is 1. The van der Waals surface area contributed by atoms with Crippen LogP contribution in [0.2, 0.25) is 0 Å². The molecule has 0 radical (unpaired) electrons. The molecule has 1 fully saturated rings. The van der Waals surface area contributed by atoms with Gasteiger partial charge in [0.15, 0.2) is 0 Å². The molecule has 2 aromatic rings. The minimum absolute atomic E-state index is 0.0139. The van der Waals surface area contributed by atoms with E-state index in [1.165, 1.54) is 6.21 Å². The second-order valence-electron chi connectivity index (χ2n) is 5.41. The highest BCUT2D eigenvalue weighted by molar-refractivity contribution is 7.10. The van der Waals surface area contributed by atoms with Crippen molar-refractivity contribution in [2.45, 2.75) is 25.2 Å². The fraction of sp³-hybridized carbons (Fsp3) is 0.375. The number of H-pyrrole nitrogens is 1. The van der Waals surface area contributed by atoms with Crippen molar-refractivity contribution >= 4 is 29.1 Å². The minimum atomic E-state index is -0.655. The lowest BCUT2D eigenvalue weighted by Crippen LogP contribution is -2.33. The molecule has 0 unspecified atom stereocenters. The summed E-state index contributed by atoms with van der Waals surface area (Å²) in [7, 11) is 0. The van der Waals surface area contributed by atoms with E-state index in [0.717, 1.165) is 17.0 Å². The maximum Gasteiger partial charge on any atom is 0.149 e. The Labute approximate surface area is 132 Å². The Morgan fingerprint density at radius 2 is 2.18 bits per heavy atom. The number of imidazole rings is 1. The molecule has 6 heteroatoms. The van der Waals surface area contributed by atoms with Crippen molar-refractivity contribution in [3.05, 3.63) is 40.6 Å². The van der Waals surface area contributed by atoms with Crippen LogP contribution in [0.4, 0.5) is 0 Å². The number of hydrogen-bond acceptors (Lipinski definition) is 5. The van der Waals surface area contributed by atoms with Crippen LogP contribution in [0.1, 0.15) is 29.3 Å². The van der Waals surface area contributed by atoms with Gasteiger partial charge in [0.1, 0.15) is 17.5 Å². The van der Waals surface area contributed by atoms with Gasteiger partial charge in [-0.25, -0.2) is 4.98 Å². The van der Waals surface area contributed by atoms with Crippen molar-refractivity contribution < 1.29 is 9.59 Å². The Morgan fingerprint density at radius 1 is 1.36 bits per heavy atom. The largest absolute Gasteiger partial charge is 0.348 e. The summed E-state index contributed by atoms with van der Waals surface area (Å²) in [6.45, 7) is 0.549. The van der Waals surface area contributed by atoms with E-state index >= 15 is 0 Å². The van der Waals surface area contributed by atoms with E-state index in [0.29, 0.717) is 19.4 Å². The van der Waals surface area contributed by atoms with E-state index < -0.39 is 5.92 Å². The Balaban J connectivity index is 1.56. The number of aromatic nitrogens is 2. The molecule has 0 spiro atoms. The van der Waals surface area contributed by atoms with Gasteiger partial charge >= 0.3 is 0 Å². The molecule has 5 nitrogen and oxygen atoms in total. The van der Waals surface area contributed by atoms with Gasteiger partial charge in [0.05, 0.1) is 6.33 Å². The van der Waals surface area contributed by atoms with Gasteiger partial charge < -0.3 is 4.98 Å². The number of carbonyl (C=O) groups is 2. The second-order valence-corrected chi connectivity index (χ2v) is 6.39. The first-order valence-electron chi connectivity index (χ1n) is 7.30. The van der Waals surface area contributed by atoms with Crippen LogP contribution in [0.5, 0.6) is 0 Å². The maximum atomic E-state index is 12.2. The quantitative estimate of drug-likeness (QED) is 0.680. The van der Waals surface area contributed by atoms with Gasteiger partial charge in [-0.1, -0.05) is 6.07 Å². The average molecular weight is 315 g/mol. The molecule has 1 aliphatic carbocycles. The zero-order valence-electron chi connectivity index (χ0n) is 12.1. The molecular weight excluding hydrogens is 298 g/mol. The number of Topliss-reactive ketones (excluding diaryl/α,β-unsaturated/α-hetero) is 2. The van der Waals surface area contributed by atoms with E-state index in [-0.39, 0.29) is 17.5 Å². The Hall–Kier alpha value is -2.08. The van der Waals surface area contributed by atoms with Crippen molar-refractivity contribution in [3.8, 4) is 0 Å². The smallest absolute Gasteiger partial charge is 0.149 e. The van der Waals surface area contributed by atoms with Crippen LogP contribution in [-0.2, 0) is 16.0 Å². The Bertz CT molecular complexity index is 644. The Morgan fingerprint density at radius 3 is 2.82 bits per heavy atom. The zero-order chi connectivity index (χ0) is 15.4. The fourth-order valence-electron chi connectivity index (χ4n) is 2.67. The van der Waals surface area contributed by atoms with Crippen LogP contribution < -0.4 is 0 Å². The van der Waals surface area contributed by atoms with E-state index in [4.69, 9.17) is 0 Å². The molecule has 0 amide bonds. The first-order chi connectivity index (χ1) is 10.7. The molecule has 1 saturated carbocycles. The highest BCUT2D eigenvalue weighted by Crippen LogP contribution is 2.33. The van der Waals surface area contributed by atoms with Crippen LogP contribution in [0.15, 0.2) is 35.0 Å². The first kappa shape index (κ1) is 14.8. The lowest BCUT2D eigenvalue weighted by atomic mass is 9.80. The molecule has 0 saturated heterocycles. The molecule has 1 aliphatic rings. The summed E-state index contributed by atoms with van der Waals surface area (Å²) in [5, 5.41) is 1.98. The first-order valence-corrected chi connectivity index (χ1v) is 8.18. The summed E-state index contributed by atoms with van der Waals surface area (Å²) >= 11 is 1.61. The number of hydrogen-bond donors (Lipinski definition) is 1. The molecule has 114 valence electrons. The third-order valence-electron chi connectivity index (χ3n) is 3.85. The predicted molar refractivity (Wildman–Crippen MR) is 85.4 cm³/mol. The topological polar surface area (TPSA) is 75.2 Å². The molecule has 0 atom stereocenters. The zero-order valence-corrected chi connectivity index (χ0v) is 12.9. The summed E-state index contributed by atoms with van der Waals surface area (Å²) in [5.41, 5.74) is 0.996. The summed E-state index contributed by atoms with van der Waals surface area (Å²) in [6.07, 6.45) is 6.50. The lowest BCUT2D eigenvalue weighted by molar-refractivity contribution is -0.132. The summed E-state index contributed by atoms with van der Waals surface area (Å²) in [4.78, 5) is 36.7. The number of nitrogens with zero attached hydrogens (tertiary/aromatic N) is 2. The van der Waals surface area contributed by atoms with Gasteiger partial charge in [0.25, 0.3) is 0 Å². The average Bonchev–Trinajstić information content (AvgIpc) is 3.19. The monoisotopic (exact) mass is 315 g/mol. The lowest BCUT2D eigenvalue weighted by Gasteiger charge is -2.23. The van der Waals surface area contributed by atoms with Gasteiger partial charge in [-0.2, -0.15) is 0 Å². The van der Waals surface area contributed by atoms with Crippen LogP contribution >= 0.6 is 11.3 Å². The number of aromatic amines is 1. The van der Waals surface area contributed by atoms with Crippen LogP contribution in [0.3, 0.4) is 0 Å². The van der Waals surface area contributed by atoms with Crippen molar-refractivity contribution in [2.24, 2.45) is 10.9 Å². The van der Waals surface area contributed by atoms with Crippen molar-refractivity contribution in [2.75, 3.05) is 6.54 Å². The molecule has 22 heavy (non-hydrogen) atoms. The van der Waals surface area contributed by atoms with Gasteiger partial charge in [-0.05, 0) is 11.4 Å². The van der Waals surface area contributed by atoms with Gasteiger partial charge in [0.2, 0.25) is 0 Å². The number of carbonyl (C=O) groups excluding carboxylic acids is 2. The van der Waals surface area contributed by atoms with Crippen molar-refractivity contribution in [3.63, 3.8) is 0 Å². The fourth-order valence-corrected chi connectivity index (χ4v) is 3.50. The predicted octanol–water partition coefficient (Wildman–Crippen LogP) is 2.42. The van der Waals surface area contributed by atoms with E-state index in [1.54, 1.807) is 23.9 Å². The van der Waals surface area contributed by atoms with Crippen LogP contribution in [0.25, 0.3) is 0 Å². The van der Waals surface area contributed by atoms with Gasteiger partial charge in [-0.15, -0.1) is 11.3 Å². The molecule has 1 N–H and O–H groups in total. The third-order valence-corrected chi connectivity index (χ3v) is 4.89. The van der Waals surface area contributed by atoms with Crippen LogP contribution in [-0.4, -0.2) is 34.3 Å². The number of rotatable bonds is 5. The molecule has 2 heterocycles. The van der Waals surface area contributed by atoms with Crippen molar-refractivity contribution in [1.29, 1.82) is 0 Å². The molecule has 0 bridgehead atoms. The maximum absolute atomic E-state index is 12.2. The normalized spacial score (nSPS) is 22.5. The summed E-state index contributed by atoms with van der Waals surface area (Å²) in [5.74, 6) is -0.632. The second kappa shape index (κ2) is 6.79. The summed E-state index contributed by atoms with van der Waals surface area (Å²) in [6, 6.07) is 3.95. The minimum Gasteiger partial charge on any atom is -0.348 e. The van der Waals surface area contributed by atoms with E-state index in [9.17, 15) is 9.59 Å². The van der Waals surface area contributed by atoms with Crippen LogP contribution in [0, 0.1) is 5.92 Å². The SMILES string of the molecule is O=C1CC(c2cccs2)CC(=O)C1C=NCCc1cnc[nH]1. The number of ketones is 2. The number of thiophene rings is 1. The van der Waals surface area contributed by atoms with E-state index in [2.05, 4.69) is 15.0 Å². The highest BCUT2D eigenvalue weighted by Gasteiger charge is 2.35. The van der Waals surface area contributed by atoms with Gasteiger partial charge in [0, 0.05) is 54.7 Å². The molecule has 3 rings (SSSR count). The van der Waals surface area contributed by atoms with E-state index in [1.807, 2.05) is 17.5 Å². The standard InChI is InChI=1S/C16H17N3O2S/c20-14-6-11(16-2-1-5-22-16)7-15(21)13(14)9-17-4-3-12-8-18-10-19-12/h1-2,5,8-11,13H,3-4,6-7H2,(H,18,19). The molecule has 0 aromatic carbocycles.